The Morgan fingerprint density at radius 2 is 0.719 bits per heavy atom. The predicted molar refractivity (Wildman–Crippen MR) is 240 cm³/mol. The van der Waals surface area contributed by atoms with Crippen molar-refractivity contribution in [3.63, 3.8) is 0 Å². The Hall–Kier alpha value is -8.05. The van der Waals surface area contributed by atoms with Crippen molar-refractivity contribution < 1.29 is 26.3 Å². The molecule has 0 aliphatic rings. The fourth-order valence-corrected chi connectivity index (χ4v) is 8.74. The molecule has 310 valence electrons. The Balaban J connectivity index is 1.22. The number of halogens is 6. The normalized spacial score (nSPS) is 12.2. The van der Waals surface area contributed by atoms with E-state index in [1.54, 1.807) is 12.1 Å². The van der Waals surface area contributed by atoms with Crippen molar-refractivity contribution >= 4 is 43.6 Å². The van der Waals surface area contributed by atoms with E-state index < -0.39 is 23.5 Å². The fourth-order valence-electron chi connectivity index (χ4n) is 8.74. The third-order valence-corrected chi connectivity index (χ3v) is 11.6. The van der Waals surface area contributed by atoms with E-state index in [4.69, 9.17) is 15.0 Å². The van der Waals surface area contributed by atoms with Gasteiger partial charge in [-0.2, -0.15) is 26.3 Å². The van der Waals surface area contributed by atoms with Crippen LogP contribution < -0.4 is 0 Å². The first-order valence-corrected chi connectivity index (χ1v) is 20.3. The minimum atomic E-state index is -4.56. The van der Waals surface area contributed by atoms with Crippen LogP contribution in [0.3, 0.4) is 0 Å². The predicted octanol–water partition coefficient (Wildman–Crippen LogP) is 14.8. The fraction of sp³-hybridized carbons (Fsp3) is 0.0377. The van der Waals surface area contributed by atoms with Crippen molar-refractivity contribution in [3.05, 3.63) is 199 Å². The van der Waals surface area contributed by atoms with Crippen LogP contribution in [0.4, 0.5) is 26.3 Å². The molecule has 11 aromatic rings. The number of nitrogens with zero attached hydrogens (tertiary/aromatic N) is 5. The molecule has 0 spiro atoms. The molecule has 11 heteroatoms. The molecule has 0 N–H and O–H groups in total. The highest BCUT2D eigenvalue weighted by Gasteiger charge is 2.33. The summed E-state index contributed by atoms with van der Waals surface area (Å²) in [6, 6.07) is 54.8. The summed E-state index contributed by atoms with van der Waals surface area (Å²) >= 11 is 0. The van der Waals surface area contributed by atoms with Gasteiger partial charge in [0.25, 0.3) is 0 Å². The number of aromatic nitrogens is 5. The monoisotopic (exact) mass is 851 g/mol. The average Bonchev–Trinajstić information content (AvgIpc) is 3.83. The first kappa shape index (κ1) is 38.8. The van der Waals surface area contributed by atoms with Crippen LogP contribution in [-0.4, -0.2) is 24.1 Å². The summed E-state index contributed by atoms with van der Waals surface area (Å²) in [6.45, 7) is 0. The maximum atomic E-state index is 14.2. The minimum Gasteiger partial charge on any atom is -0.309 e. The van der Waals surface area contributed by atoms with Crippen LogP contribution in [0.5, 0.6) is 0 Å². The van der Waals surface area contributed by atoms with Gasteiger partial charge in [-0.25, -0.2) is 15.0 Å². The highest BCUT2D eigenvalue weighted by Crippen LogP contribution is 2.44. The lowest BCUT2D eigenvalue weighted by atomic mass is 9.98. The van der Waals surface area contributed by atoms with E-state index in [0.717, 1.165) is 23.3 Å². The lowest BCUT2D eigenvalue weighted by Crippen LogP contribution is -2.05. The second-order valence-electron chi connectivity index (χ2n) is 15.5. The van der Waals surface area contributed by atoms with Gasteiger partial charge < -0.3 is 9.13 Å². The van der Waals surface area contributed by atoms with Gasteiger partial charge in [-0.15, -0.1) is 0 Å². The maximum Gasteiger partial charge on any atom is 0.416 e. The zero-order valence-electron chi connectivity index (χ0n) is 33.4. The van der Waals surface area contributed by atoms with Crippen LogP contribution in [0, 0.1) is 0 Å². The second kappa shape index (κ2) is 14.8. The molecule has 3 aromatic heterocycles. The lowest BCUT2D eigenvalue weighted by molar-refractivity contribution is -0.138. The van der Waals surface area contributed by atoms with Gasteiger partial charge in [0.15, 0.2) is 17.5 Å². The van der Waals surface area contributed by atoms with E-state index in [0.29, 0.717) is 89.2 Å². The first-order chi connectivity index (χ1) is 31.0. The number of fused-ring (bicyclic) bond motifs is 6. The third kappa shape index (κ3) is 6.55. The number of hydrogen-bond acceptors (Lipinski definition) is 3. The lowest BCUT2D eigenvalue weighted by Gasteiger charge is -2.20. The van der Waals surface area contributed by atoms with Crippen LogP contribution in [-0.2, 0) is 12.4 Å². The van der Waals surface area contributed by atoms with Gasteiger partial charge in [0.05, 0.1) is 44.6 Å². The van der Waals surface area contributed by atoms with Crippen LogP contribution in [0.1, 0.15) is 11.1 Å². The SMILES string of the molecule is FC(F)(F)c1ccc2c(c1)c1ccccc1n2-c1ccccc1-c1cc(-c2nc(-c3ccccc3)nc(-c3ccccc3)n2)ccc1-n1c2ccccc2c2cc(C(F)(F)F)ccc21. The van der Waals surface area contributed by atoms with Crippen molar-refractivity contribution in [3.8, 4) is 56.7 Å². The van der Waals surface area contributed by atoms with E-state index in [9.17, 15) is 26.3 Å². The summed E-state index contributed by atoms with van der Waals surface area (Å²) < 4.78 is 89.0. The standard InChI is InChI=1S/C53H31F6N5/c54-52(55,56)35-24-27-47-41(30-35)38-18-8-11-21-44(38)63(47)43-20-10-7-17-37(43)40-29-34(51-61-49(32-13-3-1-4-14-32)60-50(62-51)33-15-5-2-6-16-33)23-26-46(40)64-45-22-12-9-19-39(45)42-31-36(53(57,58)59)25-28-48(42)64/h1-31H. The summed E-state index contributed by atoms with van der Waals surface area (Å²) in [6.07, 6.45) is -9.11. The number of para-hydroxylation sites is 3. The van der Waals surface area contributed by atoms with Gasteiger partial charge in [-0.1, -0.05) is 115 Å². The molecular formula is C53H31F6N5. The Labute approximate surface area is 361 Å². The van der Waals surface area contributed by atoms with Crippen molar-refractivity contribution in [1.29, 1.82) is 0 Å². The van der Waals surface area contributed by atoms with Crippen LogP contribution in [0.15, 0.2) is 188 Å². The summed E-state index contributed by atoms with van der Waals surface area (Å²) in [5, 5.41) is 2.13. The van der Waals surface area contributed by atoms with Crippen LogP contribution in [0.2, 0.25) is 0 Å². The summed E-state index contributed by atoms with van der Waals surface area (Å²) in [4.78, 5) is 14.9. The number of rotatable bonds is 6. The molecule has 0 fully saturated rings. The van der Waals surface area contributed by atoms with Crippen molar-refractivity contribution in [2.45, 2.75) is 12.4 Å². The number of hydrogen-bond donors (Lipinski definition) is 0. The van der Waals surface area contributed by atoms with Crippen LogP contribution >= 0.6 is 0 Å². The zero-order valence-corrected chi connectivity index (χ0v) is 33.4. The molecule has 0 saturated carbocycles. The Morgan fingerprint density at radius 1 is 0.312 bits per heavy atom. The first-order valence-electron chi connectivity index (χ1n) is 20.3. The molecule has 0 amide bonds. The molecule has 5 nitrogen and oxygen atoms in total. The molecule has 0 unspecified atom stereocenters. The van der Waals surface area contributed by atoms with Crippen molar-refractivity contribution in [1.82, 2.24) is 24.1 Å². The summed E-state index contributed by atoms with van der Waals surface area (Å²) in [7, 11) is 0. The topological polar surface area (TPSA) is 48.5 Å². The van der Waals surface area contributed by atoms with Gasteiger partial charge in [0.1, 0.15) is 0 Å². The smallest absolute Gasteiger partial charge is 0.309 e. The highest BCUT2D eigenvalue weighted by atomic mass is 19.4. The Morgan fingerprint density at radius 3 is 1.22 bits per heavy atom. The zero-order chi connectivity index (χ0) is 43.7. The van der Waals surface area contributed by atoms with Gasteiger partial charge >= 0.3 is 12.4 Å². The highest BCUT2D eigenvalue weighted by molar-refractivity contribution is 6.12. The van der Waals surface area contributed by atoms with E-state index in [2.05, 4.69) is 0 Å². The van der Waals surface area contributed by atoms with Gasteiger partial charge in [-0.3, -0.25) is 0 Å². The Kier molecular flexibility index (Phi) is 8.98. The van der Waals surface area contributed by atoms with Crippen molar-refractivity contribution in [2.24, 2.45) is 0 Å². The van der Waals surface area contributed by atoms with Crippen molar-refractivity contribution in [2.75, 3.05) is 0 Å². The molecule has 8 aromatic carbocycles. The molecule has 0 saturated heterocycles. The van der Waals surface area contributed by atoms with E-state index in [1.807, 2.05) is 149 Å². The molecule has 64 heavy (non-hydrogen) atoms. The molecule has 0 radical (unpaired) electrons. The van der Waals surface area contributed by atoms with E-state index >= 15 is 0 Å². The average molecular weight is 852 g/mol. The van der Waals surface area contributed by atoms with Crippen LogP contribution in [0.25, 0.3) is 100 Å². The largest absolute Gasteiger partial charge is 0.416 e. The molecule has 0 aliphatic carbocycles. The third-order valence-electron chi connectivity index (χ3n) is 11.6. The quantitative estimate of drug-likeness (QED) is 0.157. The molecule has 3 heterocycles. The molecule has 11 rings (SSSR count). The molecular weight excluding hydrogens is 821 g/mol. The second-order valence-corrected chi connectivity index (χ2v) is 15.5. The van der Waals surface area contributed by atoms with E-state index in [1.165, 1.54) is 24.3 Å². The molecule has 0 bridgehead atoms. The summed E-state index contributed by atoms with van der Waals surface area (Å²) in [5.74, 6) is 1.30. The minimum absolute atomic E-state index is 0.381. The summed E-state index contributed by atoms with van der Waals surface area (Å²) in [5.41, 5.74) is 5.83. The molecule has 0 aliphatic heterocycles. The Bertz CT molecular complexity index is 3530. The maximum absolute atomic E-state index is 14.2. The number of benzene rings is 8. The van der Waals surface area contributed by atoms with Gasteiger partial charge in [-0.05, 0) is 72.8 Å². The number of alkyl halides is 6. The van der Waals surface area contributed by atoms with Gasteiger partial charge in [0.2, 0.25) is 0 Å². The van der Waals surface area contributed by atoms with Gasteiger partial charge in [0, 0.05) is 49.4 Å². The van der Waals surface area contributed by atoms with E-state index in [-0.39, 0.29) is 0 Å². The molecule has 0 atom stereocenters.